The third-order valence-electron chi connectivity index (χ3n) is 0.800. The molecule has 0 amide bonds. The van der Waals surface area contributed by atoms with Gasteiger partial charge in [-0.1, -0.05) is 36.4 Å². The van der Waals surface area contributed by atoms with Crippen LogP contribution in [0.25, 0.3) is 0 Å². The van der Waals surface area contributed by atoms with Crippen LogP contribution in [0, 0.1) is 20.2 Å². The Morgan fingerprint density at radius 1 is 0.769 bits per heavy atom. The molecule has 0 saturated heterocycles. The van der Waals surface area contributed by atoms with Crippen LogP contribution < -0.4 is 0 Å². The van der Waals surface area contributed by atoms with Crippen molar-refractivity contribution in [1.29, 1.82) is 0 Å². The quantitative estimate of drug-likeness (QED) is 0.508. The Morgan fingerprint density at radius 2 is 1.00 bits per heavy atom. The Balaban J connectivity index is 0.000000223. The van der Waals surface area contributed by atoms with Crippen molar-refractivity contribution >= 4 is 0 Å². The van der Waals surface area contributed by atoms with Gasteiger partial charge in [0, 0.05) is 4.94 Å². The average Bonchev–Trinajstić information content (AvgIpc) is 2.06. The first-order valence-electron chi connectivity index (χ1n) is 3.10. The molecule has 0 aliphatic rings. The number of hydrogen-bond acceptors (Lipinski definition) is 5. The minimum atomic E-state index is -1.50. The van der Waals surface area contributed by atoms with Crippen LogP contribution in [0.2, 0.25) is 0 Å². The second kappa shape index (κ2) is 6.53. The molecule has 0 heterocycles. The number of nitrogens with zero attached hydrogens (tertiary/aromatic N) is 2. The van der Waals surface area contributed by atoms with Gasteiger partial charge in [0.1, 0.15) is 0 Å². The fraction of sp³-hybridized carbons (Fsp3) is 0. The summed E-state index contributed by atoms with van der Waals surface area (Å²) >= 11 is 0. The summed E-state index contributed by atoms with van der Waals surface area (Å²) in [5.74, 6) is 0. The van der Waals surface area contributed by atoms with E-state index in [1.54, 1.807) is 0 Å². The third-order valence-corrected chi connectivity index (χ3v) is 0.800. The van der Waals surface area contributed by atoms with Crippen LogP contribution in [0.3, 0.4) is 0 Å². The van der Waals surface area contributed by atoms with Crippen molar-refractivity contribution in [3.05, 3.63) is 56.6 Å². The van der Waals surface area contributed by atoms with Gasteiger partial charge in [0.25, 0.3) is 0 Å². The summed E-state index contributed by atoms with van der Waals surface area (Å²) in [6.07, 6.45) is 0. The van der Waals surface area contributed by atoms with Gasteiger partial charge in [-0.2, -0.15) is 0 Å². The summed E-state index contributed by atoms with van der Waals surface area (Å²) < 4.78 is 0. The number of hydrogen-bond donors (Lipinski definition) is 0. The van der Waals surface area contributed by atoms with Crippen LogP contribution in [-0.2, 0) is 4.94 Å². The second-order valence-electron chi connectivity index (χ2n) is 1.68. The summed E-state index contributed by atoms with van der Waals surface area (Å²) in [6.45, 7) is 0. The lowest BCUT2D eigenvalue weighted by atomic mass is 10.4. The van der Waals surface area contributed by atoms with Crippen LogP contribution in [0.4, 0.5) is 0 Å². The van der Waals surface area contributed by atoms with Gasteiger partial charge in [0.05, 0.1) is 0 Å². The van der Waals surface area contributed by atoms with Crippen LogP contribution in [0.5, 0.6) is 0 Å². The average molecular weight is 186 g/mol. The van der Waals surface area contributed by atoms with Gasteiger partial charge in [-0.3, -0.25) is 0 Å². The molecule has 0 radical (unpaired) electrons. The van der Waals surface area contributed by atoms with E-state index >= 15 is 0 Å². The molecule has 0 aromatic heterocycles. The largest absolute Gasteiger partial charge is 0.356 e. The predicted molar refractivity (Wildman–Crippen MR) is 41.5 cm³/mol. The molecule has 0 N–H and O–H groups in total. The molecule has 0 fully saturated rings. The first-order valence-corrected chi connectivity index (χ1v) is 3.10. The van der Waals surface area contributed by atoms with Gasteiger partial charge in [0.2, 0.25) is 0 Å². The highest BCUT2D eigenvalue weighted by molar-refractivity contribution is 4.99. The van der Waals surface area contributed by atoms with Gasteiger partial charge in [-0.15, -0.1) is 20.2 Å². The van der Waals surface area contributed by atoms with Gasteiger partial charge in [-0.25, -0.2) is 0 Å². The van der Waals surface area contributed by atoms with E-state index in [9.17, 15) is 0 Å². The fourth-order valence-corrected chi connectivity index (χ4v) is 0.439. The smallest absolute Gasteiger partial charge is 0.105 e. The minimum absolute atomic E-state index is 1.50. The molecule has 0 unspecified atom stereocenters. The Bertz CT molecular complexity index is 224. The summed E-state index contributed by atoms with van der Waals surface area (Å²) in [5.41, 5.74) is 0. The lowest BCUT2D eigenvalue weighted by Crippen LogP contribution is -2.06. The maximum atomic E-state index is 8.95. The van der Waals surface area contributed by atoms with Crippen molar-refractivity contribution in [3.8, 4) is 0 Å². The van der Waals surface area contributed by atoms with E-state index in [2.05, 4.69) is 4.94 Å². The summed E-state index contributed by atoms with van der Waals surface area (Å²) in [6, 6.07) is 12.0. The topological polar surface area (TPSA) is 95.5 Å². The summed E-state index contributed by atoms with van der Waals surface area (Å²) in [7, 11) is 0. The van der Waals surface area contributed by atoms with Crippen molar-refractivity contribution in [3.63, 3.8) is 0 Å². The van der Waals surface area contributed by atoms with Crippen molar-refractivity contribution in [1.82, 2.24) is 0 Å². The van der Waals surface area contributed by atoms with Gasteiger partial charge in [0.15, 0.2) is 0 Å². The van der Waals surface area contributed by atoms with E-state index in [0.717, 1.165) is 0 Å². The molecular weight excluding hydrogens is 180 g/mol. The van der Waals surface area contributed by atoms with E-state index in [4.69, 9.17) is 20.2 Å². The Labute approximate surface area is 72.8 Å². The van der Waals surface area contributed by atoms with Crippen molar-refractivity contribution in [2.75, 3.05) is 0 Å². The maximum Gasteiger partial charge on any atom is 0.356 e. The molecule has 1 aromatic carbocycles. The Morgan fingerprint density at radius 3 is 1.08 bits per heavy atom. The monoisotopic (exact) mass is 186 g/mol. The van der Waals surface area contributed by atoms with E-state index < -0.39 is 10.2 Å². The summed E-state index contributed by atoms with van der Waals surface area (Å²) in [5, 5.41) is 14.9. The minimum Gasteiger partial charge on any atom is -0.105 e. The van der Waals surface area contributed by atoms with Crippen LogP contribution in [-0.4, -0.2) is 10.2 Å². The molecule has 1 rings (SSSR count). The maximum absolute atomic E-state index is 8.95. The molecule has 0 spiro atoms. The third kappa shape index (κ3) is 9.82. The molecule has 0 saturated carbocycles. The lowest BCUT2D eigenvalue weighted by Gasteiger charge is -1.71. The molecule has 0 bridgehead atoms. The zero-order valence-corrected chi connectivity index (χ0v) is 6.40. The Kier molecular flexibility index (Phi) is 5.43. The van der Waals surface area contributed by atoms with Gasteiger partial charge in [-0.05, 0) is 0 Å². The molecule has 0 aliphatic heterocycles. The van der Waals surface area contributed by atoms with E-state index in [0.29, 0.717) is 0 Å². The number of rotatable bonds is 2. The molecule has 7 nitrogen and oxygen atoms in total. The predicted octanol–water partition coefficient (Wildman–Crippen LogP) is 1.07. The molecule has 70 valence electrons. The first kappa shape index (κ1) is 10.8. The molecule has 0 atom stereocenters. The van der Waals surface area contributed by atoms with Gasteiger partial charge < -0.3 is 0 Å². The highest BCUT2D eigenvalue weighted by Crippen LogP contribution is 1.79. The second-order valence-corrected chi connectivity index (χ2v) is 1.68. The normalized spacial score (nSPS) is 7.69. The highest BCUT2D eigenvalue weighted by Gasteiger charge is 2.05. The van der Waals surface area contributed by atoms with Crippen molar-refractivity contribution in [2.45, 2.75) is 0 Å². The zero-order chi connectivity index (χ0) is 10.1. The molecule has 13 heavy (non-hydrogen) atoms. The number of benzene rings is 1. The molecule has 1 aromatic rings. The highest BCUT2D eigenvalue weighted by atomic mass is 17.1. The Hall–Kier alpha value is -2.18. The molecule has 0 aliphatic carbocycles. The van der Waals surface area contributed by atoms with Crippen molar-refractivity contribution in [2.24, 2.45) is 0 Å². The summed E-state index contributed by atoms with van der Waals surface area (Å²) in [4.78, 5) is 20.6. The lowest BCUT2D eigenvalue weighted by molar-refractivity contribution is -1.03. The van der Waals surface area contributed by atoms with Crippen LogP contribution in [0.15, 0.2) is 36.4 Å². The van der Waals surface area contributed by atoms with Crippen molar-refractivity contribution < 1.29 is 15.1 Å². The zero-order valence-electron chi connectivity index (χ0n) is 6.40. The SMILES string of the molecule is O=[N+]([O-])O[N+](=O)[O-].c1ccccc1. The molecule has 7 heteroatoms. The van der Waals surface area contributed by atoms with E-state index in [1.165, 1.54) is 0 Å². The first-order chi connectivity index (χ1) is 6.13. The van der Waals surface area contributed by atoms with Gasteiger partial charge >= 0.3 is 10.2 Å². The standard InChI is InChI=1S/C6H6.N2O5/c1-2-4-6-5-3-1;3-1(4)7-2(5)6/h1-6H;. The molecular formula is C6H6N2O5. The van der Waals surface area contributed by atoms with Crippen LogP contribution >= 0.6 is 0 Å². The fourth-order valence-electron chi connectivity index (χ4n) is 0.439. The van der Waals surface area contributed by atoms with E-state index in [1.807, 2.05) is 36.4 Å². The van der Waals surface area contributed by atoms with E-state index in [-0.39, 0.29) is 0 Å². The van der Waals surface area contributed by atoms with Crippen LogP contribution in [0.1, 0.15) is 0 Å².